The van der Waals surface area contributed by atoms with Crippen molar-refractivity contribution < 1.29 is 26.7 Å². The third-order valence-corrected chi connectivity index (χ3v) is 5.10. The summed E-state index contributed by atoms with van der Waals surface area (Å²) in [7, 11) is -4.08. The van der Waals surface area contributed by atoms with Crippen LogP contribution in [0.2, 0.25) is 0 Å². The lowest BCUT2D eigenvalue weighted by atomic mass is 10.3. The van der Waals surface area contributed by atoms with Crippen LogP contribution in [-0.2, 0) is 14.8 Å². The summed E-state index contributed by atoms with van der Waals surface area (Å²) in [6.07, 6.45) is 0. The molecule has 0 saturated carbocycles. The monoisotopic (exact) mass is 418 g/mol. The van der Waals surface area contributed by atoms with Gasteiger partial charge in [-0.1, -0.05) is 30.3 Å². The Morgan fingerprint density at radius 3 is 2.31 bits per heavy atom. The van der Waals surface area contributed by atoms with E-state index in [9.17, 15) is 22.0 Å². The number of hydrogen-bond donors (Lipinski definition) is 2. The fourth-order valence-electron chi connectivity index (χ4n) is 2.39. The van der Waals surface area contributed by atoms with Crippen LogP contribution in [0.25, 0.3) is 0 Å². The minimum Gasteiger partial charge on any atom is -0.481 e. The predicted molar refractivity (Wildman–Crippen MR) is 104 cm³/mol. The van der Waals surface area contributed by atoms with Crippen LogP contribution < -0.4 is 14.8 Å². The molecule has 29 heavy (non-hydrogen) atoms. The second-order valence-electron chi connectivity index (χ2n) is 5.88. The summed E-state index contributed by atoms with van der Waals surface area (Å²) in [5, 5.41) is 2.47. The number of ether oxygens (including phenoxy) is 1. The molecule has 0 aliphatic rings. The molecule has 0 radical (unpaired) electrons. The van der Waals surface area contributed by atoms with Gasteiger partial charge in [0.25, 0.3) is 15.9 Å². The van der Waals surface area contributed by atoms with Gasteiger partial charge in [0.1, 0.15) is 5.82 Å². The first-order chi connectivity index (χ1) is 13.8. The number of para-hydroxylation sites is 2. The molecule has 0 fully saturated rings. The number of hydrogen-bond acceptors (Lipinski definition) is 4. The smallest absolute Gasteiger partial charge is 0.262 e. The topological polar surface area (TPSA) is 84.5 Å². The van der Waals surface area contributed by atoms with Gasteiger partial charge in [0.15, 0.2) is 18.2 Å². The average molecular weight is 418 g/mol. The number of nitrogens with one attached hydrogen (secondary N) is 2. The molecule has 0 aliphatic carbocycles. The van der Waals surface area contributed by atoms with E-state index in [1.807, 2.05) is 0 Å². The molecule has 150 valence electrons. The summed E-state index contributed by atoms with van der Waals surface area (Å²) in [4.78, 5) is 11.8. The highest BCUT2D eigenvalue weighted by molar-refractivity contribution is 7.92. The van der Waals surface area contributed by atoms with Crippen LogP contribution in [-0.4, -0.2) is 20.9 Å². The van der Waals surface area contributed by atoms with Crippen LogP contribution in [0.15, 0.2) is 77.7 Å². The highest BCUT2D eigenvalue weighted by Gasteiger charge is 2.17. The van der Waals surface area contributed by atoms with Crippen LogP contribution in [0.1, 0.15) is 0 Å². The van der Waals surface area contributed by atoms with Crippen molar-refractivity contribution >= 4 is 27.3 Å². The molecule has 3 aromatic rings. The van der Waals surface area contributed by atoms with Crippen molar-refractivity contribution in [2.24, 2.45) is 0 Å². The minimum absolute atomic E-state index is 0.0759. The Hall–Kier alpha value is -3.46. The number of benzene rings is 3. The van der Waals surface area contributed by atoms with E-state index in [0.717, 1.165) is 6.07 Å². The fraction of sp³-hybridized carbons (Fsp3) is 0.0500. The molecule has 9 heteroatoms. The second kappa shape index (κ2) is 8.70. The molecule has 0 aromatic heterocycles. The summed E-state index contributed by atoms with van der Waals surface area (Å²) in [6.45, 7) is -0.467. The Labute approximate surface area is 166 Å². The number of carbonyl (C=O) groups is 1. The van der Waals surface area contributed by atoms with Crippen LogP contribution in [0.4, 0.5) is 20.2 Å². The van der Waals surface area contributed by atoms with E-state index in [4.69, 9.17) is 4.74 Å². The summed E-state index contributed by atoms with van der Waals surface area (Å²) in [6, 6.07) is 16.4. The zero-order valence-electron chi connectivity index (χ0n) is 14.9. The molecule has 0 bridgehead atoms. The SMILES string of the molecule is O=C(COc1ccccc1F)Nc1cccc(S(=O)(=O)Nc2ccccc2F)c1. The molecule has 0 heterocycles. The first kappa shape index (κ1) is 20.3. The van der Waals surface area contributed by atoms with E-state index in [-0.39, 0.29) is 22.0 Å². The Bertz CT molecular complexity index is 1140. The van der Waals surface area contributed by atoms with E-state index >= 15 is 0 Å². The zero-order chi connectivity index (χ0) is 20.9. The zero-order valence-corrected chi connectivity index (χ0v) is 15.7. The van der Waals surface area contributed by atoms with Crippen molar-refractivity contribution in [1.29, 1.82) is 0 Å². The van der Waals surface area contributed by atoms with Gasteiger partial charge in [-0.05, 0) is 42.5 Å². The lowest BCUT2D eigenvalue weighted by Gasteiger charge is -2.11. The Morgan fingerprint density at radius 2 is 1.59 bits per heavy atom. The maximum Gasteiger partial charge on any atom is 0.262 e. The normalized spacial score (nSPS) is 11.0. The predicted octanol–water partition coefficient (Wildman–Crippen LogP) is 3.78. The van der Waals surface area contributed by atoms with Gasteiger partial charge in [-0.3, -0.25) is 9.52 Å². The standard InChI is InChI=1S/C20H16F2N2O4S/c21-16-8-1-3-10-18(16)24-29(26,27)15-7-5-6-14(12-15)23-20(25)13-28-19-11-4-2-9-17(19)22/h1-12,24H,13H2,(H,23,25). The van der Waals surface area contributed by atoms with Crippen molar-refractivity contribution in [2.75, 3.05) is 16.6 Å². The largest absolute Gasteiger partial charge is 0.481 e. The molecular formula is C20H16F2N2O4S. The first-order valence-electron chi connectivity index (χ1n) is 8.40. The third kappa shape index (κ3) is 5.29. The lowest BCUT2D eigenvalue weighted by molar-refractivity contribution is -0.118. The molecule has 6 nitrogen and oxygen atoms in total. The molecule has 0 unspecified atom stereocenters. The van der Waals surface area contributed by atoms with E-state index in [1.54, 1.807) is 6.07 Å². The van der Waals surface area contributed by atoms with Gasteiger partial charge >= 0.3 is 0 Å². The van der Waals surface area contributed by atoms with Crippen LogP contribution in [0.3, 0.4) is 0 Å². The Morgan fingerprint density at radius 1 is 0.897 bits per heavy atom. The molecule has 0 atom stereocenters. The van der Waals surface area contributed by atoms with E-state index in [0.29, 0.717) is 0 Å². The van der Waals surface area contributed by atoms with Gasteiger partial charge in [-0.2, -0.15) is 0 Å². The van der Waals surface area contributed by atoms with E-state index in [1.165, 1.54) is 60.7 Å². The first-order valence-corrected chi connectivity index (χ1v) is 9.88. The number of carbonyl (C=O) groups excluding carboxylic acids is 1. The van der Waals surface area contributed by atoms with Crippen molar-refractivity contribution in [1.82, 2.24) is 0 Å². The second-order valence-corrected chi connectivity index (χ2v) is 7.56. The summed E-state index contributed by atoms with van der Waals surface area (Å²) in [5.41, 5.74) is -0.0104. The Kier molecular flexibility index (Phi) is 6.08. The van der Waals surface area contributed by atoms with Crippen LogP contribution in [0.5, 0.6) is 5.75 Å². The molecule has 3 aromatic carbocycles. The summed E-state index contributed by atoms with van der Waals surface area (Å²) < 4.78 is 59.4. The van der Waals surface area contributed by atoms with Crippen molar-refractivity contribution in [3.63, 3.8) is 0 Å². The number of halogens is 2. The molecule has 2 N–H and O–H groups in total. The number of rotatable bonds is 7. The molecule has 0 spiro atoms. The van der Waals surface area contributed by atoms with Gasteiger partial charge < -0.3 is 10.1 Å². The van der Waals surface area contributed by atoms with Crippen LogP contribution in [0, 0.1) is 11.6 Å². The van der Waals surface area contributed by atoms with Crippen molar-refractivity contribution in [2.45, 2.75) is 4.90 Å². The van der Waals surface area contributed by atoms with E-state index in [2.05, 4.69) is 10.0 Å². The lowest BCUT2D eigenvalue weighted by Crippen LogP contribution is -2.21. The number of sulfonamides is 1. The van der Waals surface area contributed by atoms with Gasteiger partial charge in [0.2, 0.25) is 0 Å². The van der Waals surface area contributed by atoms with Crippen molar-refractivity contribution in [3.8, 4) is 5.75 Å². The van der Waals surface area contributed by atoms with Gasteiger partial charge in [0, 0.05) is 5.69 Å². The highest BCUT2D eigenvalue weighted by Crippen LogP contribution is 2.21. The molecule has 1 amide bonds. The number of anilines is 2. The van der Waals surface area contributed by atoms with Crippen molar-refractivity contribution in [3.05, 3.63) is 84.4 Å². The fourth-order valence-corrected chi connectivity index (χ4v) is 3.50. The number of amides is 1. The maximum absolute atomic E-state index is 13.7. The minimum atomic E-state index is -4.08. The van der Waals surface area contributed by atoms with Gasteiger partial charge in [-0.25, -0.2) is 17.2 Å². The molecule has 0 aliphatic heterocycles. The third-order valence-electron chi connectivity index (χ3n) is 3.74. The van der Waals surface area contributed by atoms with Gasteiger partial charge in [-0.15, -0.1) is 0 Å². The molecular weight excluding hydrogens is 402 g/mol. The summed E-state index contributed by atoms with van der Waals surface area (Å²) in [5.74, 6) is -2.00. The van der Waals surface area contributed by atoms with Gasteiger partial charge in [0.05, 0.1) is 10.6 Å². The van der Waals surface area contributed by atoms with E-state index < -0.39 is 34.2 Å². The maximum atomic E-state index is 13.7. The summed E-state index contributed by atoms with van der Waals surface area (Å²) >= 11 is 0. The molecule has 0 saturated heterocycles. The molecule has 3 rings (SSSR count). The Balaban J connectivity index is 1.68. The highest BCUT2D eigenvalue weighted by atomic mass is 32.2. The van der Waals surface area contributed by atoms with Crippen LogP contribution >= 0.6 is 0 Å². The quantitative estimate of drug-likeness (QED) is 0.612. The average Bonchev–Trinajstić information content (AvgIpc) is 2.69.